The molecule has 0 aromatic heterocycles. The second-order valence-corrected chi connectivity index (χ2v) is 9.08. The second-order valence-electron chi connectivity index (χ2n) is 6.39. The molecular weight excluding hydrogens is 545 g/mol. The van der Waals surface area contributed by atoms with Crippen LogP contribution in [-0.4, -0.2) is 42.8 Å². The summed E-state index contributed by atoms with van der Waals surface area (Å²) in [5.74, 6) is -0.326. The Bertz CT molecular complexity index is 1120. The number of hydrogen-bond donors (Lipinski definition) is 0. The van der Waals surface area contributed by atoms with Gasteiger partial charge in [0.1, 0.15) is 0 Å². The maximum absolute atomic E-state index is 12.9. The average molecular weight is 561 g/mol. The fourth-order valence-electron chi connectivity index (χ4n) is 2.73. The zero-order valence-corrected chi connectivity index (χ0v) is 20.7. The maximum atomic E-state index is 12.9. The molecule has 7 nitrogen and oxygen atoms in total. The topological polar surface area (TPSA) is 82.1 Å². The number of hydrogen-bond acceptors (Lipinski definition) is 7. The molecule has 0 saturated carbocycles. The highest BCUT2D eigenvalue weighted by Crippen LogP contribution is 2.38. The van der Waals surface area contributed by atoms with E-state index in [0.717, 1.165) is 16.7 Å². The highest BCUT2D eigenvalue weighted by molar-refractivity contribution is 9.10. The van der Waals surface area contributed by atoms with Gasteiger partial charge in [-0.3, -0.25) is 14.5 Å². The summed E-state index contributed by atoms with van der Waals surface area (Å²) in [5, 5.41) is 0.425. The molecule has 2 amide bonds. The SMILES string of the molecule is COC(=O)COc1cc(Br)c(/C=C2/SC(=O)N(Cc3ccc(Cl)cc3Cl)C2=O)cc1OC. The van der Waals surface area contributed by atoms with E-state index in [4.69, 9.17) is 32.7 Å². The lowest BCUT2D eigenvalue weighted by Crippen LogP contribution is -2.27. The molecule has 0 bridgehead atoms. The van der Waals surface area contributed by atoms with Gasteiger partial charge in [0, 0.05) is 14.5 Å². The number of amides is 2. The standard InChI is InChI=1S/C21H16BrCl2NO6S/c1-29-16-5-12(14(22)8-17(16)31-10-19(26)30-2)6-18-20(27)25(21(28)32-18)9-11-3-4-13(23)7-15(11)24/h3-8H,9-10H2,1-2H3/b18-6+. The van der Waals surface area contributed by atoms with Crippen molar-refractivity contribution in [1.29, 1.82) is 0 Å². The molecule has 3 rings (SSSR count). The van der Waals surface area contributed by atoms with E-state index in [2.05, 4.69) is 20.7 Å². The minimum absolute atomic E-state index is 0.0306. The van der Waals surface area contributed by atoms with Crippen molar-refractivity contribution in [3.63, 3.8) is 0 Å². The molecule has 0 atom stereocenters. The lowest BCUT2D eigenvalue weighted by atomic mass is 10.1. The van der Waals surface area contributed by atoms with E-state index in [1.165, 1.54) is 14.2 Å². The van der Waals surface area contributed by atoms with Gasteiger partial charge in [-0.1, -0.05) is 45.2 Å². The van der Waals surface area contributed by atoms with Gasteiger partial charge in [0.05, 0.1) is 25.7 Å². The fourth-order valence-corrected chi connectivity index (χ4v) is 4.46. The molecule has 0 spiro atoms. The van der Waals surface area contributed by atoms with Gasteiger partial charge < -0.3 is 14.2 Å². The van der Waals surface area contributed by atoms with Gasteiger partial charge in [-0.05, 0) is 53.2 Å². The molecule has 1 saturated heterocycles. The van der Waals surface area contributed by atoms with Crippen molar-refractivity contribution in [1.82, 2.24) is 4.90 Å². The number of rotatable bonds is 7. The number of ether oxygens (including phenoxy) is 3. The van der Waals surface area contributed by atoms with Crippen LogP contribution < -0.4 is 9.47 Å². The molecule has 11 heteroatoms. The van der Waals surface area contributed by atoms with Crippen molar-refractivity contribution < 1.29 is 28.6 Å². The van der Waals surface area contributed by atoms with Crippen molar-refractivity contribution in [3.8, 4) is 11.5 Å². The van der Waals surface area contributed by atoms with Crippen molar-refractivity contribution >= 4 is 74.1 Å². The molecule has 1 fully saturated rings. The molecule has 2 aromatic rings. The third kappa shape index (κ3) is 5.58. The first-order valence-electron chi connectivity index (χ1n) is 9.00. The molecule has 0 unspecified atom stereocenters. The third-order valence-corrected chi connectivity index (χ3v) is 6.54. The van der Waals surface area contributed by atoms with Crippen molar-refractivity contribution in [2.45, 2.75) is 6.54 Å². The maximum Gasteiger partial charge on any atom is 0.343 e. The van der Waals surface area contributed by atoms with Crippen molar-refractivity contribution in [2.75, 3.05) is 20.8 Å². The quantitative estimate of drug-likeness (QED) is 0.324. The minimum atomic E-state index is -0.540. The molecule has 1 heterocycles. The summed E-state index contributed by atoms with van der Waals surface area (Å²) in [4.78, 5) is 38.0. The lowest BCUT2D eigenvalue weighted by Gasteiger charge is -2.14. The predicted octanol–water partition coefficient (Wildman–Crippen LogP) is 5.55. The van der Waals surface area contributed by atoms with Gasteiger partial charge in [0.2, 0.25) is 0 Å². The predicted molar refractivity (Wildman–Crippen MR) is 126 cm³/mol. The Hall–Kier alpha value is -2.20. The number of esters is 1. The Morgan fingerprint density at radius 1 is 1.16 bits per heavy atom. The molecule has 0 radical (unpaired) electrons. The summed E-state index contributed by atoms with van der Waals surface area (Å²) in [7, 11) is 2.71. The summed E-state index contributed by atoms with van der Waals surface area (Å²) < 4.78 is 15.9. The van der Waals surface area contributed by atoms with Gasteiger partial charge in [-0.2, -0.15) is 0 Å². The van der Waals surface area contributed by atoms with Crippen LogP contribution in [0.4, 0.5) is 4.79 Å². The molecule has 0 aliphatic carbocycles. The van der Waals surface area contributed by atoms with Gasteiger partial charge >= 0.3 is 5.97 Å². The third-order valence-electron chi connectivity index (χ3n) is 4.36. The molecular formula is C21H16BrCl2NO6S. The number of thioether (sulfide) groups is 1. The zero-order chi connectivity index (χ0) is 23.4. The van der Waals surface area contributed by atoms with Crippen LogP contribution in [0.2, 0.25) is 10.0 Å². The van der Waals surface area contributed by atoms with E-state index in [1.54, 1.807) is 36.4 Å². The first kappa shape index (κ1) is 24.4. The number of imide groups is 1. The summed E-state index contributed by atoms with van der Waals surface area (Å²) in [5.41, 5.74) is 1.19. The van der Waals surface area contributed by atoms with Crippen LogP contribution in [0.15, 0.2) is 39.7 Å². The first-order chi connectivity index (χ1) is 15.2. The van der Waals surface area contributed by atoms with Crippen LogP contribution in [0.25, 0.3) is 6.08 Å². The highest BCUT2D eigenvalue weighted by atomic mass is 79.9. The Morgan fingerprint density at radius 2 is 1.91 bits per heavy atom. The molecule has 2 aromatic carbocycles. The number of benzene rings is 2. The molecule has 168 valence electrons. The Balaban J connectivity index is 1.84. The number of halogens is 3. The number of carbonyl (C=O) groups excluding carboxylic acids is 3. The van der Waals surface area contributed by atoms with Gasteiger partial charge in [0.25, 0.3) is 11.1 Å². The normalized spacial score (nSPS) is 14.8. The summed E-state index contributed by atoms with van der Waals surface area (Å²) >= 11 is 16.3. The van der Waals surface area contributed by atoms with Gasteiger partial charge in [-0.25, -0.2) is 4.79 Å². The summed E-state index contributed by atoms with van der Waals surface area (Å²) in [6.07, 6.45) is 1.57. The van der Waals surface area contributed by atoms with Crippen LogP contribution in [0.3, 0.4) is 0 Å². The van der Waals surface area contributed by atoms with E-state index >= 15 is 0 Å². The smallest absolute Gasteiger partial charge is 0.343 e. The van der Waals surface area contributed by atoms with Crippen molar-refractivity contribution in [3.05, 3.63) is 60.9 Å². The molecule has 1 aliphatic rings. The molecule has 32 heavy (non-hydrogen) atoms. The van der Waals surface area contributed by atoms with Crippen LogP contribution in [0, 0.1) is 0 Å². The fraction of sp³-hybridized carbons (Fsp3) is 0.190. The van der Waals surface area contributed by atoms with Gasteiger partial charge in [0.15, 0.2) is 18.1 Å². The zero-order valence-electron chi connectivity index (χ0n) is 16.8. The second kappa shape index (κ2) is 10.6. The van der Waals surface area contributed by atoms with E-state index in [0.29, 0.717) is 37.1 Å². The Labute approximate surface area is 206 Å². The Kier molecular flexibility index (Phi) is 8.10. The van der Waals surface area contributed by atoms with Crippen LogP contribution in [0.1, 0.15) is 11.1 Å². The van der Waals surface area contributed by atoms with Crippen LogP contribution in [-0.2, 0) is 20.9 Å². The molecule has 1 aliphatic heterocycles. The largest absolute Gasteiger partial charge is 0.493 e. The lowest BCUT2D eigenvalue weighted by molar-refractivity contribution is -0.142. The van der Waals surface area contributed by atoms with Gasteiger partial charge in [-0.15, -0.1) is 0 Å². The summed E-state index contributed by atoms with van der Waals surface area (Å²) in [6, 6.07) is 8.10. The average Bonchev–Trinajstić information content (AvgIpc) is 3.02. The minimum Gasteiger partial charge on any atom is -0.493 e. The van der Waals surface area contributed by atoms with E-state index in [1.807, 2.05) is 0 Å². The summed E-state index contributed by atoms with van der Waals surface area (Å²) in [6.45, 7) is -0.256. The van der Waals surface area contributed by atoms with E-state index in [9.17, 15) is 14.4 Å². The van der Waals surface area contributed by atoms with Crippen molar-refractivity contribution in [2.24, 2.45) is 0 Å². The molecule has 0 N–H and O–H groups in total. The monoisotopic (exact) mass is 559 g/mol. The number of carbonyl (C=O) groups is 3. The van der Waals surface area contributed by atoms with Crippen LogP contribution in [0.5, 0.6) is 11.5 Å². The van der Waals surface area contributed by atoms with E-state index in [-0.39, 0.29) is 18.1 Å². The Morgan fingerprint density at radius 3 is 2.56 bits per heavy atom. The first-order valence-corrected chi connectivity index (χ1v) is 11.4. The number of methoxy groups -OCH3 is 2. The highest BCUT2D eigenvalue weighted by Gasteiger charge is 2.35. The number of nitrogens with zero attached hydrogens (tertiary/aromatic N) is 1. The van der Waals surface area contributed by atoms with E-state index < -0.39 is 17.1 Å². The van der Waals surface area contributed by atoms with Crippen LogP contribution >= 0.6 is 50.9 Å².